The molecule has 0 fully saturated rings. The number of hydrogen-bond donors (Lipinski definition) is 0. The van der Waals surface area contributed by atoms with Crippen LogP contribution >= 0.6 is 0 Å². The van der Waals surface area contributed by atoms with Gasteiger partial charge in [0, 0.05) is 0 Å². The van der Waals surface area contributed by atoms with Gasteiger partial charge in [-0.2, -0.15) is 0 Å². The second-order valence-electron chi connectivity index (χ2n) is 8.12. The van der Waals surface area contributed by atoms with Gasteiger partial charge in [-0.3, -0.25) is 0 Å². The van der Waals surface area contributed by atoms with Crippen molar-refractivity contribution in [1.29, 1.82) is 0 Å². The fourth-order valence-corrected chi connectivity index (χ4v) is 16.8. The summed E-state index contributed by atoms with van der Waals surface area (Å²) in [5, 5.41) is 0. The molecule has 0 aliphatic heterocycles. The Balaban J connectivity index is 1.51. The number of benzene rings is 3. The van der Waals surface area contributed by atoms with E-state index >= 15 is 0 Å². The molecule has 0 N–H and O–H groups in total. The molecule has 0 spiro atoms. The number of rotatable bonds is 3. The van der Waals surface area contributed by atoms with Gasteiger partial charge in [0.1, 0.15) is 0 Å². The van der Waals surface area contributed by atoms with E-state index in [0.717, 1.165) is 0 Å². The van der Waals surface area contributed by atoms with Gasteiger partial charge in [-0.1, -0.05) is 0 Å². The van der Waals surface area contributed by atoms with E-state index in [9.17, 15) is 0 Å². The van der Waals surface area contributed by atoms with E-state index in [2.05, 4.69) is 109 Å². The van der Waals surface area contributed by atoms with Crippen LogP contribution in [0, 0.1) is 0 Å². The van der Waals surface area contributed by atoms with Crippen LogP contribution in [0.25, 0.3) is 18.2 Å². The summed E-state index contributed by atoms with van der Waals surface area (Å²) in [6, 6.07) is 27.2. The Hall–Kier alpha value is -2.24. The number of hydrogen-bond acceptors (Lipinski definition) is 0. The average Bonchev–Trinajstić information content (AvgIpc) is 3.47. The quantitative estimate of drug-likeness (QED) is 0.431. The summed E-state index contributed by atoms with van der Waals surface area (Å²) in [5.74, 6) is 0. The molecule has 3 aromatic carbocycles. The van der Waals surface area contributed by atoms with Crippen molar-refractivity contribution in [1.82, 2.24) is 0 Å². The van der Waals surface area contributed by atoms with E-state index in [1.165, 1.54) is 16.7 Å². The molecule has 3 aromatic rings. The summed E-state index contributed by atoms with van der Waals surface area (Å²) >= 11 is -2.30. The normalized spacial score (nSPS) is 24.2. The number of fused-ring (bicyclic) bond motifs is 3. The van der Waals surface area contributed by atoms with Crippen molar-refractivity contribution in [2.45, 2.75) is 10.9 Å². The van der Waals surface area contributed by atoms with Crippen molar-refractivity contribution in [2.75, 3.05) is 0 Å². The molecular formula is C27H22Zr. The van der Waals surface area contributed by atoms with Gasteiger partial charge in [-0.25, -0.2) is 0 Å². The number of allylic oxidation sites excluding steroid dienone is 3. The molecule has 0 amide bonds. The molecule has 0 nitrogen and oxygen atoms in total. The Morgan fingerprint density at radius 1 is 0.429 bits per heavy atom. The SMILES string of the molecule is C1=C[CH]([ZrH]([CH]2C=Cc3ccccc32)[CH]2C=Cc3ccccc32)c2ccccc21. The van der Waals surface area contributed by atoms with Crippen molar-refractivity contribution in [2.24, 2.45) is 0 Å². The molecular weight excluding hydrogens is 416 g/mol. The Bertz CT molecular complexity index is 1000. The Morgan fingerprint density at radius 3 is 1.11 bits per heavy atom. The van der Waals surface area contributed by atoms with Crippen LogP contribution < -0.4 is 0 Å². The van der Waals surface area contributed by atoms with Gasteiger partial charge in [0.05, 0.1) is 0 Å². The average molecular weight is 438 g/mol. The van der Waals surface area contributed by atoms with Gasteiger partial charge in [-0.05, 0) is 0 Å². The predicted molar refractivity (Wildman–Crippen MR) is 116 cm³/mol. The van der Waals surface area contributed by atoms with Crippen LogP contribution in [-0.4, -0.2) is 0 Å². The molecule has 0 radical (unpaired) electrons. The van der Waals surface area contributed by atoms with Crippen molar-refractivity contribution < 1.29 is 21.8 Å². The van der Waals surface area contributed by atoms with Gasteiger partial charge in [0.25, 0.3) is 0 Å². The third kappa shape index (κ3) is 2.53. The van der Waals surface area contributed by atoms with Crippen LogP contribution in [0.2, 0.25) is 0 Å². The van der Waals surface area contributed by atoms with Crippen LogP contribution in [0.1, 0.15) is 44.3 Å². The van der Waals surface area contributed by atoms with E-state index in [1.54, 1.807) is 16.7 Å². The van der Waals surface area contributed by atoms with E-state index < -0.39 is 21.8 Å². The van der Waals surface area contributed by atoms with Gasteiger partial charge in [0.15, 0.2) is 0 Å². The zero-order valence-corrected chi connectivity index (χ0v) is 18.5. The molecule has 134 valence electrons. The third-order valence-corrected chi connectivity index (χ3v) is 17.2. The van der Waals surface area contributed by atoms with E-state index in [1.807, 2.05) is 0 Å². The van der Waals surface area contributed by atoms with Crippen LogP contribution in [0.15, 0.2) is 91.0 Å². The first kappa shape index (κ1) is 16.7. The second kappa shape index (κ2) is 6.68. The van der Waals surface area contributed by atoms with Crippen molar-refractivity contribution in [3.05, 3.63) is 124 Å². The first-order chi connectivity index (χ1) is 13.9. The van der Waals surface area contributed by atoms with Crippen LogP contribution in [0.4, 0.5) is 0 Å². The van der Waals surface area contributed by atoms with E-state index in [0.29, 0.717) is 10.9 Å². The van der Waals surface area contributed by atoms with Crippen molar-refractivity contribution in [3.63, 3.8) is 0 Å². The van der Waals surface area contributed by atoms with Gasteiger partial charge < -0.3 is 0 Å². The summed E-state index contributed by atoms with van der Waals surface area (Å²) in [6.07, 6.45) is 14.7. The van der Waals surface area contributed by atoms with Gasteiger partial charge in [-0.15, -0.1) is 0 Å². The zero-order chi connectivity index (χ0) is 18.5. The molecule has 28 heavy (non-hydrogen) atoms. The Morgan fingerprint density at radius 2 is 0.750 bits per heavy atom. The van der Waals surface area contributed by atoms with E-state index in [4.69, 9.17) is 0 Å². The maximum absolute atomic E-state index is 2.54. The third-order valence-electron chi connectivity index (χ3n) is 6.76. The predicted octanol–water partition coefficient (Wildman–Crippen LogP) is 6.64. The summed E-state index contributed by atoms with van der Waals surface area (Å²) < 4.78 is 1.92. The maximum atomic E-state index is 2.54. The molecule has 3 atom stereocenters. The first-order valence-corrected chi connectivity index (χ1v) is 15.1. The molecule has 1 heteroatoms. The fourth-order valence-electron chi connectivity index (χ4n) is 5.51. The molecule has 0 aromatic heterocycles. The fraction of sp³-hybridized carbons (Fsp3) is 0.111. The summed E-state index contributed by atoms with van der Waals surface area (Å²) in [7, 11) is 0. The van der Waals surface area contributed by atoms with E-state index in [-0.39, 0.29) is 0 Å². The summed E-state index contributed by atoms with van der Waals surface area (Å²) in [6.45, 7) is 0. The molecule has 0 saturated carbocycles. The monoisotopic (exact) mass is 436 g/mol. The molecule has 3 aliphatic rings. The van der Waals surface area contributed by atoms with Crippen molar-refractivity contribution >= 4 is 18.2 Å². The molecule has 3 unspecified atom stereocenters. The first-order valence-electron chi connectivity index (χ1n) is 10.2. The van der Waals surface area contributed by atoms with Crippen LogP contribution in [0.5, 0.6) is 0 Å². The molecule has 3 aliphatic carbocycles. The van der Waals surface area contributed by atoms with Crippen molar-refractivity contribution in [3.8, 4) is 0 Å². The summed E-state index contributed by atoms with van der Waals surface area (Å²) in [5.41, 5.74) is 9.00. The summed E-state index contributed by atoms with van der Waals surface area (Å²) in [4.78, 5) is 0. The standard InChI is InChI=1S/3C9H7.Zr.H/c3*1-2-5-9-7-3-6-8(9)4-1;;/h3*1-7H;;. The minimum absolute atomic E-state index is 0.639. The Labute approximate surface area is 174 Å². The van der Waals surface area contributed by atoms with Crippen LogP contribution in [0.3, 0.4) is 0 Å². The molecule has 0 bridgehead atoms. The molecule has 0 heterocycles. The van der Waals surface area contributed by atoms with Crippen LogP contribution in [-0.2, 0) is 21.8 Å². The topological polar surface area (TPSA) is 0 Å². The Kier molecular flexibility index (Phi) is 3.98. The molecule has 0 saturated heterocycles. The minimum atomic E-state index is -2.30. The van der Waals surface area contributed by atoms with Gasteiger partial charge >= 0.3 is 175 Å². The second-order valence-corrected chi connectivity index (χ2v) is 16.3. The van der Waals surface area contributed by atoms with Gasteiger partial charge in [0.2, 0.25) is 0 Å². The zero-order valence-electron chi connectivity index (χ0n) is 15.7. The molecule has 6 rings (SSSR count).